The van der Waals surface area contributed by atoms with E-state index in [0.29, 0.717) is 6.42 Å². The van der Waals surface area contributed by atoms with Gasteiger partial charge in [0.25, 0.3) is 0 Å². The molecule has 1 saturated heterocycles. The molecule has 0 atom stereocenters. The van der Waals surface area contributed by atoms with Gasteiger partial charge in [0.05, 0.1) is 0 Å². The van der Waals surface area contributed by atoms with Crippen LogP contribution in [0.15, 0.2) is 36.7 Å². The van der Waals surface area contributed by atoms with Gasteiger partial charge in [-0.3, -0.25) is 0 Å². The molecule has 1 aromatic heterocycles. The Labute approximate surface area is 124 Å². The van der Waals surface area contributed by atoms with Crippen LogP contribution < -0.4 is 10.2 Å². The van der Waals surface area contributed by atoms with E-state index in [1.165, 1.54) is 6.07 Å². The Morgan fingerprint density at radius 2 is 1.95 bits per heavy atom. The quantitative estimate of drug-likeness (QED) is 0.937. The Bertz CT molecular complexity index is 577. The first kappa shape index (κ1) is 13.9. The highest BCUT2D eigenvalue weighted by Gasteiger charge is 2.11. The fraction of sp³-hybridized carbons (Fsp3) is 0.375. The number of anilines is 1. The predicted octanol–water partition coefficient (Wildman–Crippen LogP) is 2.01. The van der Waals surface area contributed by atoms with E-state index in [9.17, 15) is 4.39 Å². The van der Waals surface area contributed by atoms with Crippen LogP contribution in [0, 0.1) is 5.82 Å². The maximum Gasteiger partial charge on any atom is 0.225 e. The molecule has 4 nitrogen and oxygen atoms in total. The van der Waals surface area contributed by atoms with Gasteiger partial charge in [0, 0.05) is 38.4 Å². The molecule has 2 heterocycles. The Morgan fingerprint density at radius 1 is 1.10 bits per heavy atom. The maximum atomic E-state index is 13.2. The lowest BCUT2D eigenvalue weighted by atomic mass is 10.1. The number of nitrogens with zero attached hydrogens (tertiary/aromatic N) is 3. The van der Waals surface area contributed by atoms with Crippen LogP contribution in [0.2, 0.25) is 0 Å². The van der Waals surface area contributed by atoms with Crippen LogP contribution in [0.4, 0.5) is 10.3 Å². The first-order valence-corrected chi connectivity index (χ1v) is 7.32. The van der Waals surface area contributed by atoms with Crippen molar-refractivity contribution in [1.82, 2.24) is 15.3 Å². The van der Waals surface area contributed by atoms with E-state index in [2.05, 4.69) is 20.2 Å². The van der Waals surface area contributed by atoms with Crippen LogP contribution in [-0.4, -0.2) is 36.1 Å². The van der Waals surface area contributed by atoms with Crippen molar-refractivity contribution >= 4 is 5.95 Å². The van der Waals surface area contributed by atoms with E-state index < -0.39 is 0 Å². The van der Waals surface area contributed by atoms with E-state index in [1.807, 2.05) is 18.5 Å². The minimum absolute atomic E-state index is 0.206. The van der Waals surface area contributed by atoms with Crippen molar-refractivity contribution in [3.05, 3.63) is 53.6 Å². The molecule has 1 N–H and O–H groups in total. The molecule has 3 rings (SSSR count). The van der Waals surface area contributed by atoms with Gasteiger partial charge in [0.1, 0.15) is 5.82 Å². The average Bonchev–Trinajstić information content (AvgIpc) is 2.77. The zero-order valence-corrected chi connectivity index (χ0v) is 11.9. The first-order valence-electron chi connectivity index (χ1n) is 7.32. The molecule has 0 spiro atoms. The van der Waals surface area contributed by atoms with Crippen LogP contribution in [0.3, 0.4) is 0 Å². The van der Waals surface area contributed by atoms with Crippen molar-refractivity contribution in [2.45, 2.75) is 12.8 Å². The van der Waals surface area contributed by atoms with Gasteiger partial charge in [-0.1, -0.05) is 12.1 Å². The summed E-state index contributed by atoms with van der Waals surface area (Å²) in [5, 5.41) is 3.36. The number of hydrogen-bond acceptors (Lipinski definition) is 4. The van der Waals surface area contributed by atoms with Crippen LogP contribution in [0.25, 0.3) is 0 Å². The van der Waals surface area contributed by atoms with Crippen LogP contribution in [-0.2, 0) is 6.42 Å². The molecule has 5 heteroatoms. The Balaban J connectivity index is 1.68. The number of rotatable bonds is 3. The third-order valence-electron chi connectivity index (χ3n) is 3.61. The highest BCUT2D eigenvalue weighted by atomic mass is 19.1. The van der Waals surface area contributed by atoms with E-state index in [4.69, 9.17) is 0 Å². The Hall–Kier alpha value is -2.01. The molecule has 0 bridgehead atoms. The van der Waals surface area contributed by atoms with Gasteiger partial charge in [-0.2, -0.15) is 0 Å². The van der Waals surface area contributed by atoms with Crippen LogP contribution in [0.5, 0.6) is 0 Å². The molecule has 2 aromatic rings. The summed E-state index contributed by atoms with van der Waals surface area (Å²) in [5.41, 5.74) is 1.93. The average molecular weight is 286 g/mol. The summed E-state index contributed by atoms with van der Waals surface area (Å²) in [6.07, 6.45) is 5.44. The lowest BCUT2D eigenvalue weighted by molar-refractivity contribution is 0.626. The molecule has 0 saturated carbocycles. The van der Waals surface area contributed by atoms with E-state index in [0.717, 1.165) is 49.7 Å². The fourth-order valence-electron chi connectivity index (χ4n) is 2.53. The summed E-state index contributed by atoms with van der Waals surface area (Å²) >= 11 is 0. The summed E-state index contributed by atoms with van der Waals surface area (Å²) in [4.78, 5) is 11.1. The summed E-state index contributed by atoms with van der Waals surface area (Å²) in [7, 11) is 0. The van der Waals surface area contributed by atoms with Gasteiger partial charge in [-0.25, -0.2) is 14.4 Å². The van der Waals surface area contributed by atoms with Gasteiger partial charge >= 0.3 is 0 Å². The Morgan fingerprint density at radius 3 is 2.76 bits per heavy atom. The number of aromatic nitrogens is 2. The monoisotopic (exact) mass is 286 g/mol. The second-order valence-corrected chi connectivity index (χ2v) is 5.29. The summed E-state index contributed by atoms with van der Waals surface area (Å²) in [5.74, 6) is 0.573. The Kier molecular flexibility index (Phi) is 4.40. The van der Waals surface area contributed by atoms with Crippen molar-refractivity contribution in [2.24, 2.45) is 0 Å². The predicted molar refractivity (Wildman–Crippen MR) is 80.9 cm³/mol. The van der Waals surface area contributed by atoms with Crippen LogP contribution >= 0.6 is 0 Å². The number of hydrogen-bond donors (Lipinski definition) is 1. The number of nitrogens with one attached hydrogen (secondary N) is 1. The molecular weight excluding hydrogens is 267 g/mol. The van der Waals surface area contributed by atoms with Crippen molar-refractivity contribution < 1.29 is 4.39 Å². The largest absolute Gasteiger partial charge is 0.340 e. The smallest absolute Gasteiger partial charge is 0.225 e. The normalized spacial score (nSPS) is 15.8. The maximum absolute atomic E-state index is 13.2. The summed E-state index contributed by atoms with van der Waals surface area (Å²) < 4.78 is 13.2. The van der Waals surface area contributed by atoms with Gasteiger partial charge < -0.3 is 10.2 Å². The van der Waals surface area contributed by atoms with E-state index in [-0.39, 0.29) is 5.82 Å². The van der Waals surface area contributed by atoms with Gasteiger partial charge in [-0.05, 0) is 36.2 Å². The molecule has 0 amide bonds. The van der Waals surface area contributed by atoms with Gasteiger partial charge in [0.2, 0.25) is 5.95 Å². The molecule has 1 aliphatic rings. The lowest BCUT2D eigenvalue weighted by Gasteiger charge is -2.19. The zero-order chi connectivity index (χ0) is 14.5. The van der Waals surface area contributed by atoms with Crippen molar-refractivity contribution in [1.29, 1.82) is 0 Å². The standard InChI is InChI=1S/C16H19FN4/c17-15-4-1-3-13(10-15)9-14-11-19-16(20-12-14)21-7-2-5-18-6-8-21/h1,3-4,10-12,18H,2,5-9H2. The molecule has 0 aliphatic carbocycles. The molecular formula is C16H19FN4. The third-order valence-corrected chi connectivity index (χ3v) is 3.61. The molecule has 1 aliphatic heterocycles. The minimum atomic E-state index is -0.206. The molecule has 1 fully saturated rings. The topological polar surface area (TPSA) is 41.1 Å². The van der Waals surface area contributed by atoms with Gasteiger partial charge in [0.15, 0.2) is 0 Å². The fourth-order valence-corrected chi connectivity index (χ4v) is 2.53. The highest BCUT2D eigenvalue weighted by Crippen LogP contribution is 2.12. The number of benzene rings is 1. The summed E-state index contributed by atoms with van der Waals surface area (Å²) in [6.45, 7) is 3.93. The molecule has 21 heavy (non-hydrogen) atoms. The lowest BCUT2D eigenvalue weighted by Crippen LogP contribution is -2.29. The van der Waals surface area contributed by atoms with E-state index in [1.54, 1.807) is 12.1 Å². The SMILES string of the molecule is Fc1cccc(Cc2cnc(N3CCCNCC3)nc2)c1. The molecule has 1 aromatic carbocycles. The number of halogens is 1. The van der Waals surface area contributed by atoms with E-state index >= 15 is 0 Å². The second kappa shape index (κ2) is 6.63. The molecule has 110 valence electrons. The summed E-state index contributed by atoms with van der Waals surface area (Å²) in [6, 6.07) is 6.65. The zero-order valence-electron chi connectivity index (χ0n) is 11.9. The highest BCUT2D eigenvalue weighted by molar-refractivity contribution is 5.32. The van der Waals surface area contributed by atoms with Crippen molar-refractivity contribution in [2.75, 3.05) is 31.1 Å². The molecule has 0 radical (unpaired) electrons. The van der Waals surface area contributed by atoms with Crippen molar-refractivity contribution in [3.8, 4) is 0 Å². The van der Waals surface area contributed by atoms with Gasteiger partial charge in [-0.15, -0.1) is 0 Å². The molecule has 0 unspecified atom stereocenters. The second-order valence-electron chi connectivity index (χ2n) is 5.29. The van der Waals surface area contributed by atoms with Crippen LogP contribution in [0.1, 0.15) is 17.5 Å². The third kappa shape index (κ3) is 3.76. The minimum Gasteiger partial charge on any atom is -0.340 e. The first-order chi connectivity index (χ1) is 10.3. The van der Waals surface area contributed by atoms with Crippen molar-refractivity contribution in [3.63, 3.8) is 0 Å².